The van der Waals surface area contributed by atoms with E-state index in [-0.39, 0.29) is 17.9 Å². The number of nitrogens with one attached hydrogen (secondary N) is 1. The van der Waals surface area contributed by atoms with Crippen molar-refractivity contribution in [3.05, 3.63) is 29.3 Å². The second-order valence-electron chi connectivity index (χ2n) is 5.00. The molecule has 0 saturated heterocycles. The number of nitriles is 1. The van der Waals surface area contributed by atoms with Gasteiger partial charge in [-0.1, -0.05) is 11.8 Å². The normalized spacial score (nSPS) is 9.90. The third-order valence-corrected chi connectivity index (χ3v) is 2.07. The number of phenolic OH excluding ortho intramolecular Hbond substituents is 1. The van der Waals surface area contributed by atoms with E-state index in [0.717, 1.165) is 0 Å². The maximum Gasteiger partial charge on any atom is 0.408 e. The summed E-state index contributed by atoms with van der Waals surface area (Å²) < 4.78 is 5.05. The third kappa shape index (κ3) is 5.32. The Morgan fingerprint density at radius 3 is 2.70 bits per heavy atom. The highest BCUT2D eigenvalue weighted by molar-refractivity contribution is 5.68. The Morgan fingerprint density at radius 1 is 1.45 bits per heavy atom. The van der Waals surface area contributed by atoms with Crippen LogP contribution in [-0.2, 0) is 4.74 Å². The van der Waals surface area contributed by atoms with Gasteiger partial charge in [0.15, 0.2) is 0 Å². The van der Waals surface area contributed by atoms with Gasteiger partial charge in [-0.25, -0.2) is 4.79 Å². The molecule has 0 aliphatic carbocycles. The van der Waals surface area contributed by atoms with Gasteiger partial charge in [0.25, 0.3) is 0 Å². The largest absolute Gasteiger partial charge is 0.507 e. The SMILES string of the molecule is CC(C)(C)OC(=O)NCC#Cc1ccc(C#N)c(O)c1. The third-order valence-electron chi connectivity index (χ3n) is 2.07. The summed E-state index contributed by atoms with van der Waals surface area (Å²) in [6, 6.07) is 6.37. The zero-order valence-corrected chi connectivity index (χ0v) is 11.7. The first-order valence-corrected chi connectivity index (χ1v) is 6.00. The molecule has 1 amide bonds. The number of rotatable bonds is 1. The molecule has 0 fully saturated rings. The number of phenols is 1. The van der Waals surface area contributed by atoms with Gasteiger partial charge in [-0.05, 0) is 39.0 Å². The van der Waals surface area contributed by atoms with Crippen LogP contribution in [0.15, 0.2) is 18.2 Å². The number of hydrogen-bond donors (Lipinski definition) is 2. The lowest BCUT2D eigenvalue weighted by Crippen LogP contribution is -2.32. The minimum atomic E-state index is -0.545. The fraction of sp³-hybridized carbons (Fsp3) is 0.333. The predicted octanol–water partition coefficient (Wildman–Crippen LogP) is 2.14. The van der Waals surface area contributed by atoms with Gasteiger partial charge < -0.3 is 15.2 Å². The summed E-state index contributed by atoms with van der Waals surface area (Å²) in [4.78, 5) is 11.3. The number of carbonyl (C=O) groups excluding carboxylic acids is 1. The van der Waals surface area contributed by atoms with Crippen LogP contribution in [0.1, 0.15) is 31.9 Å². The van der Waals surface area contributed by atoms with Crippen LogP contribution in [0.5, 0.6) is 5.75 Å². The lowest BCUT2D eigenvalue weighted by molar-refractivity contribution is 0.0535. The monoisotopic (exact) mass is 272 g/mol. The number of hydrogen-bond acceptors (Lipinski definition) is 4. The zero-order chi connectivity index (χ0) is 15.2. The summed E-state index contributed by atoms with van der Waals surface area (Å²) >= 11 is 0. The fourth-order valence-electron chi connectivity index (χ4n) is 1.28. The van der Waals surface area contributed by atoms with E-state index in [1.54, 1.807) is 26.8 Å². The number of alkyl carbamates (subject to hydrolysis) is 1. The molecule has 0 heterocycles. The Labute approximate surface area is 118 Å². The summed E-state index contributed by atoms with van der Waals surface area (Å²) in [5, 5.41) is 20.7. The maximum atomic E-state index is 11.3. The Morgan fingerprint density at radius 2 is 2.15 bits per heavy atom. The molecule has 0 aliphatic heterocycles. The first-order valence-electron chi connectivity index (χ1n) is 6.00. The Kier molecular flexibility index (Phi) is 5.00. The summed E-state index contributed by atoms with van der Waals surface area (Å²) in [5.41, 5.74) is 0.214. The van der Waals surface area contributed by atoms with Crippen LogP contribution >= 0.6 is 0 Å². The molecule has 1 rings (SSSR count). The van der Waals surface area contributed by atoms with Crippen LogP contribution < -0.4 is 5.32 Å². The van der Waals surface area contributed by atoms with E-state index in [9.17, 15) is 9.90 Å². The van der Waals surface area contributed by atoms with Crippen molar-refractivity contribution in [1.82, 2.24) is 5.32 Å². The number of carbonyl (C=O) groups is 1. The molecule has 0 bridgehead atoms. The molecule has 1 aromatic carbocycles. The lowest BCUT2D eigenvalue weighted by atomic mass is 10.1. The van der Waals surface area contributed by atoms with Gasteiger partial charge in [0.1, 0.15) is 17.4 Å². The van der Waals surface area contributed by atoms with Gasteiger partial charge in [0.2, 0.25) is 0 Å². The molecule has 0 spiro atoms. The second kappa shape index (κ2) is 6.49. The predicted molar refractivity (Wildman–Crippen MR) is 73.9 cm³/mol. The highest BCUT2D eigenvalue weighted by Crippen LogP contribution is 2.16. The van der Waals surface area contributed by atoms with E-state index in [2.05, 4.69) is 17.2 Å². The highest BCUT2D eigenvalue weighted by Gasteiger charge is 2.14. The number of amides is 1. The summed E-state index contributed by atoms with van der Waals surface area (Å²) in [6.45, 7) is 5.46. The quantitative estimate of drug-likeness (QED) is 0.767. The van der Waals surface area contributed by atoms with Crippen molar-refractivity contribution in [1.29, 1.82) is 5.26 Å². The highest BCUT2D eigenvalue weighted by atomic mass is 16.6. The summed E-state index contributed by atoms with van der Waals surface area (Å²) in [7, 11) is 0. The van der Waals surface area contributed by atoms with E-state index in [4.69, 9.17) is 10.00 Å². The molecule has 104 valence electrons. The minimum Gasteiger partial charge on any atom is -0.507 e. The van der Waals surface area contributed by atoms with Gasteiger partial charge >= 0.3 is 6.09 Å². The van der Waals surface area contributed by atoms with E-state index in [0.29, 0.717) is 5.56 Å². The first kappa shape index (κ1) is 15.4. The Hall–Kier alpha value is -2.66. The van der Waals surface area contributed by atoms with E-state index >= 15 is 0 Å². The molecule has 0 atom stereocenters. The van der Waals surface area contributed by atoms with Crippen molar-refractivity contribution in [2.24, 2.45) is 0 Å². The molecular weight excluding hydrogens is 256 g/mol. The second-order valence-corrected chi connectivity index (χ2v) is 5.00. The molecule has 20 heavy (non-hydrogen) atoms. The zero-order valence-electron chi connectivity index (χ0n) is 11.7. The van der Waals surface area contributed by atoms with Crippen LogP contribution in [0.25, 0.3) is 0 Å². The van der Waals surface area contributed by atoms with Crippen molar-refractivity contribution >= 4 is 6.09 Å². The van der Waals surface area contributed by atoms with Crippen LogP contribution in [0.2, 0.25) is 0 Å². The number of aromatic hydroxyl groups is 1. The van der Waals surface area contributed by atoms with Crippen molar-refractivity contribution in [3.8, 4) is 23.7 Å². The van der Waals surface area contributed by atoms with Crippen LogP contribution in [0.4, 0.5) is 4.79 Å². The molecule has 0 unspecified atom stereocenters. The van der Waals surface area contributed by atoms with Crippen molar-refractivity contribution in [2.75, 3.05) is 6.54 Å². The fourth-order valence-corrected chi connectivity index (χ4v) is 1.28. The van der Waals surface area contributed by atoms with Crippen molar-refractivity contribution in [3.63, 3.8) is 0 Å². The average Bonchev–Trinajstić information content (AvgIpc) is 2.33. The van der Waals surface area contributed by atoms with Gasteiger partial charge in [0.05, 0.1) is 12.1 Å². The van der Waals surface area contributed by atoms with Crippen molar-refractivity contribution in [2.45, 2.75) is 26.4 Å². The molecule has 0 aliphatic rings. The topological polar surface area (TPSA) is 82.3 Å². The molecule has 5 heteroatoms. The molecule has 0 saturated carbocycles. The number of ether oxygens (including phenoxy) is 1. The molecule has 0 radical (unpaired) electrons. The molecule has 0 aromatic heterocycles. The molecule has 5 nitrogen and oxygen atoms in total. The number of benzene rings is 1. The van der Waals surface area contributed by atoms with Gasteiger partial charge in [-0.3, -0.25) is 0 Å². The Balaban J connectivity index is 2.54. The van der Waals surface area contributed by atoms with Gasteiger partial charge in [-0.15, -0.1) is 0 Å². The van der Waals surface area contributed by atoms with E-state index < -0.39 is 11.7 Å². The molecular formula is C15H16N2O3. The molecule has 2 N–H and O–H groups in total. The summed E-state index contributed by atoms with van der Waals surface area (Å²) in [6.07, 6.45) is -0.533. The van der Waals surface area contributed by atoms with Gasteiger partial charge in [0, 0.05) is 5.56 Å². The Bertz CT molecular complexity index is 598. The van der Waals surface area contributed by atoms with Crippen LogP contribution in [0, 0.1) is 23.2 Å². The standard InChI is InChI=1S/C15H16N2O3/c1-15(2,3)20-14(19)17-8-4-5-11-6-7-12(10-16)13(18)9-11/h6-7,9,18H,8H2,1-3H3,(H,17,19). The van der Waals surface area contributed by atoms with Crippen LogP contribution in [0.3, 0.4) is 0 Å². The van der Waals surface area contributed by atoms with Gasteiger partial charge in [-0.2, -0.15) is 5.26 Å². The smallest absolute Gasteiger partial charge is 0.408 e. The average molecular weight is 272 g/mol. The lowest BCUT2D eigenvalue weighted by Gasteiger charge is -2.18. The van der Waals surface area contributed by atoms with E-state index in [1.807, 2.05) is 6.07 Å². The maximum absolute atomic E-state index is 11.3. The molecule has 1 aromatic rings. The summed E-state index contributed by atoms with van der Waals surface area (Å²) in [5.74, 6) is 5.38. The minimum absolute atomic E-state index is 0.112. The van der Waals surface area contributed by atoms with E-state index in [1.165, 1.54) is 12.1 Å². The number of nitrogens with zero attached hydrogens (tertiary/aromatic N) is 1. The van der Waals surface area contributed by atoms with Crippen molar-refractivity contribution < 1.29 is 14.6 Å². The van der Waals surface area contributed by atoms with Crippen LogP contribution in [-0.4, -0.2) is 23.3 Å². The first-order chi connectivity index (χ1) is 9.31.